The average molecular weight is 1840 g/mol. The van der Waals surface area contributed by atoms with Crippen LogP contribution in [0.15, 0.2) is 222 Å². The highest BCUT2D eigenvalue weighted by atomic mass is 32.3. The molecule has 8 nitrogen and oxygen atoms in total. The lowest BCUT2D eigenvalue weighted by Gasteiger charge is -2.09. The molecule has 0 saturated carbocycles. The van der Waals surface area contributed by atoms with E-state index in [0.29, 0.717) is 0 Å². The molecule has 0 saturated heterocycles. The lowest BCUT2D eigenvalue weighted by Crippen LogP contribution is -2.39. The molecule has 0 N–H and O–H groups in total. The van der Waals surface area contributed by atoms with E-state index in [0.717, 1.165) is 0 Å². The summed E-state index contributed by atoms with van der Waals surface area (Å²) in [5, 5.41) is 66.4. The predicted molar refractivity (Wildman–Crippen MR) is 475 cm³/mol. The van der Waals surface area contributed by atoms with Crippen molar-refractivity contribution in [3.05, 3.63) is 194 Å². The third kappa shape index (κ3) is 36.0. The third-order valence-corrected chi connectivity index (χ3v) is 42.8. The van der Waals surface area contributed by atoms with Gasteiger partial charge < -0.3 is 57.5 Å². The molecule has 0 amide bonds. The standard InChI is InChI=1S/8C8H7S3.4BFO2/c8*1-9-8-10-6-4-2-3-5-7(6)11-8;4*2-1(3)4/h8*2-5H,1H3;;;;/q8*+1;4*-2. The molecule has 0 aliphatic heterocycles. The van der Waals surface area contributed by atoms with Gasteiger partial charge in [-0.1, -0.05) is 191 Å². The van der Waals surface area contributed by atoms with E-state index < -0.39 is 29.6 Å². The van der Waals surface area contributed by atoms with Gasteiger partial charge in [-0.25, -0.2) is 0 Å². The van der Waals surface area contributed by atoms with Crippen LogP contribution in [0.5, 0.6) is 0 Å². The van der Waals surface area contributed by atoms with Crippen LogP contribution in [0.25, 0.3) is 75.2 Å². The van der Waals surface area contributed by atoms with Gasteiger partial charge in [0.25, 0.3) is 0 Å². The highest BCUT2D eigenvalue weighted by Gasteiger charge is 2.19. The van der Waals surface area contributed by atoms with Crippen molar-refractivity contribution in [3.8, 4) is 0 Å². The smallest absolute Gasteiger partial charge is 0.313 e. The Morgan fingerprint density at radius 3 is 0.365 bits per heavy atom. The van der Waals surface area contributed by atoms with Crippen molar-refractivity contribution < 1.29 is 57.5 Å². The molecule has 0 fully saturated rings. The zero-order valence-electron chi connectivity index (χ0n) is 55.4. The fraction of sp³-hybridized carbons (Fsp3) is 0.125. The molecule has 0 bridgehead atoms. The van der Waals surface area contributed by atoms with Gasteiger partial charge in [-0.2, -0.15) is 0 Å². The quantitative estimate of drug-likeness (QED) is 0.0605. The highest BCUT2D eigenvalue weighted by molar-refractivity contribution is 8.05. The first-order chi connectivity index (χ1) is 50.1. The highest BCUT2D eigenvalue weighted by Crippen LogP contribution is 2.43. The van der Waals surface area contributed by atoms with Crippen molar-refractivity contribution in [1.82, 2.24) is 0 Å². The van der Waals surface area contributed by atoms with Crippen molar-refractivity contribution in [2.24, 2.45) is 0 Å². The maximum Gasteiger partial charge on any atom is 0.313 e. The number of thioether (sulfide) groups is 8. The van der Waals surface area contributed by atoms with Crippen LogP contribution in [0.4, 0.5) is 17.3 Å². The number of halogens is 4. The van der Waals surface area contributed by atoms with Gasteiger partial charge in [0.2, 0.25) is 0 Å². The summed E-state index contributed by atoms with van der Waals surface area (Å²) in [5.74, 6) is 0. The van der Waals surface area contributed by atoms with E-state index in [1.807, 2.05) is 275 Å². The summed E-state index contributed by atoms with van der Waals surface area (Å²) >= 11 is 44.7. The largest absolute Gasteiger partial charge is 0.867 e. The summed E-state index contributed by atoms with van der Waals surface area (Å²) in [6.07, 6.45) is 17.0. The molecule has 16 aromatic rings. The molecule has 0 radical (unpaired) electrons. The Kier molecular flexibility index (Phi) is 48.1. The monoisotopic (exact) mass is 1840 g/mol. The molecule has 104 heavy (non-hydrogen) atoms. The second kappa shape index (κ2) is 53.6. The predicted octanol–water partition coefficient (Wildman–Crippen LogP) is 22.4. The molecule has 0 aliphatic rings. The summed E-state index contributed by atoms with van der Waals surface area (Å²) in [5.41, 5.74) is 0. The van der Waals surface area contributed by atoms with Crippen molar-refractivity contribution in [3.63, 3.8) is 0 Å². The lowest BCUT2D eigenvalue weighted by molar-refractivity contribution is -0.368. The first kappa shape index (κ1) is 93.3. The van der Waals surface area contributed by atoms with E-state index in [1.54, 1.807) is 0 Å². The Labute approximate surface area is 700 Å². The molecule has 0 atom stereocenters. The van der Waals surface area contributed by atoms with E-state index in [4.69, 9.17) is 40.2 Å². The molecule has 8 heterocycles. The zero-order chi connectivity index (χ0) is 75.8. The Hall–Kier alpha value is -1.30. The summed E-state index contributed by atoms with van der Waals surface area (Å²) in [6.45, 7) is 0. The fourth-order valence-electron chi connectivity index (χ4n) is 7.22. The van der Waals surface area contributed by atoms with Gasteiger partial charge in [0.15, 0.2) is 75.2 Å². The Morgan fingerprint density at radius 2 is 0.288 bits per heavy atom. The average Bonchev–Trinajstić information content (AvgIpc) is 1.82. The van der Waals surface area contributed by atoms with E-state index in [-0.39, 0.29) is 0 Å². The molecule has 0 unspecified atom stereocenters. The Bertz CT molecular complexity index is 3810. The van der Waals surface area contributed by atoms with Gasteiger partial charge in [-0.05, 0) is 147 Å². The number of fused-ring (bicyclic) bond motifs is 8. The summed E-state index contributed by atoms with van der Waals surface area (Å²) in [6, 6.07) is 68.3. The summed E-state index contributed by atoms with van der Waals surface area (Å²) < 4.78 is 73.5. The SMILES string of the molecule is CSc1sc2ccccc2[s+]1.CSc1sc2ccccc2[s+]1.CSc1sc2ccccc2[s+]1.CSc1sc2ccccc2[s+]1.CSc1sc2ccccc2[s+]1.CSc1sc2ccccc2[s+]1.CSc1sc2ccccc2[s+]1.CSc1sc2ccccc2[s+]1.[O-]B([O-])F.[O-]B([O-])F.[O-]B([O-])F.[O-]B([O-])F. The lowest BCUT2D eigenvalue weighted by atomic mass is 10.3. The van der Waals surface area contributed by atoms with Crippen LogP contribution in [0.3, 0.4) is 0 Å². The molecule has 0 aliphatic carbocycles. The first-order valence-corrected chi connectivity index (χ1v) is 51.7. The van der Waals surface area contributed by atoms with Crippen LogP contribution in [0, 0.1) is 0 Å². The molecular weight excluding hydrogens is 1790 g/mol. The third-order valence-electron chi connectivity index (χ3n) is 11.2. The topological polar surface area (TPSA) is 184 Å². The van der Waals surface area contributed by atoms with Crippen LogP contribution >= 0.6 is 275 Å². The molecule has 40 heteroatoms. The second-order valence-electron chi connectivity index (χ2n) is 17.9. The minimum absolute atomic E-state index is 1.40. The zero-order valence-corrected chi connectivity index (χ0v) is 75.0. The minimum Gasteiger partial charge on any atom is -0.867 e. The van der Waals surface area contributed by atoms with Crippen LogP contribution in [-0.2, 0) is 0 Å². The maximum atomic E-state index is 9.89. The molecule has 8 aromatic heterocycles. The Balaban J connectivity index is 0.000000207. The van der Waals surface area contributed by atoms with Gasteiger partial charge in [0.1, 0.15) is 211 Å². The van der Waals surface area contributed by atoms with Crippen LogP contribution in [0.1, 0.15) is 0 Å². The normalized spacial score (nSPS) is 10.0. The first-order valence-electron chi connectivity index (χ1n) is 28.8. The van der Waals surface area contributed by atoms with Crippen molar-refractivity contribution in [2.45, 2.75) is 28.2 Å². The summed E-state index contributed by atoms with van der Waals surface area (Å²) in [7, 11) is -12.7. The molecule has 544 valence electrons. The van der Waals surface area contributed by atoms with Gasteiger partial charge in [0.05, 0.1) is 0 Å². The number of hydrogen-bond acceptors (Lipinski definition) is 24. The number of benzene rings is 8. The molecule has 16 rings (SSSR count). The van der Waals surface area contributed by atoms with Gasteiger partial charge in [0, 0.05) is 0 Å². The molecule has 0 spiro atoms. The van der Waals surface area contributed by atoms with Crippen molar-refractivity contribution >= 4 is 380 Å². The molecule has 8 aromatic carbocycles. The van der Waals surface area contributed by atoms with E-state index in [9.17, 15) is 17.3 Å². The van der Waals surface area contributed by atoms with Crippen molar-refractivity contribution in [2.75, 3.05) is 50.0 Å². The van der Waals surface area contributed by atoms with E-state index >= 15 is 0 Å². The van der Waals surface area contributed by atoms with Crippen LogP contribution in [-0.4, -0.2) is 79.6 Å². The number of rotatable bonds is 8. The van der Waals surface area contributed by atoms with Crippen molar-refractivity contribution in [1.29, 1.82) is 0 Å². The molecular formula is C64H56B4F4O8S24. The fourth-order valence-corrected chi connectivity index (χ4v) is 32.4. The van der Waals surface area contributed by atoms with E-state index in [2.05, 4.69) is 244 Å². The second-order valence-corrected chi connectivity index (χ2v) is 47.5. The minimum atomic E-state index is -3.17. The van der Waals surface area contributed by atoms with Gasteiger partial charge in [-0.15, -0.1) is 0 Å². The number of hydrogen-bond donors (Lipinski definition) is 0. The van der Waals surface area contributed by atoms with Gasteiger partial charge in [-0.3, -0.25) is 0 Å². The van der Waals surface area contributed by atoms with Crippen LogP contribution < -0.4 is 40.2 Å². The maximum absolute atomic E-state index is 9.89. The summed E-state index contributed by atoms with van der Waals surface area (Å²) in [4.78, 5) is 0. The van der Waals surface area contributed by atoms with Crippen LogP contribution in [0.2, 0.25) is 0 Å². The van der Waals surface area contributed by atoms with E-state index in [1.165, 1.54) is 103 Å². The Morgan fingerprint density at radius 1 is 0.202 bits per heavy atom. The van der Waals surface area contributed by atoms with Gasteiger partial charge >= 0.3 is 28.2 Å².